The Balaban J connectivity index is 1.52. The summed E-state index contributed by atoms with van der Waals surface area (Å²) >= 11 is 0. The van der Waals surface area contributed by atoms with Gasteiger partial charge in [0.15, 0.2) is 0 Å². The van der Waals surface area contributed by atoms with E-state index < -0.39 is 0 Å². The van der Waals surface area contributed by atoms with Crippen LogP contribution in [0.2, 0.25) is 0 Å². The molecule has 1 aromatic heterocycles. The number of hydrogen-bond acceptors (Lipinski definition) is 4. The quantitative estimate of drug-likeness (QED) is 0.676. The molecule has 1 amide bonds. The lowest BCUT2D eigenvalue weighted by Crippen LogP contribution is -2.24. The SMILES string of the molecule is Cc1ccc(N2C[C@H](c3nc(-c4ccc(C(C)C)cc4)no3)CC2=O)cc1. The van der Waals surface area contributed by atoms with E-state index in [9.17, 15) is 4.79 Å². The van der Waals surface area contributed by atoms with Gasteiger partial charge in [-0.3, -0.25) is 4.79 Å². The van der Waals surface area contributed by atoms with Gasteiger partial charge in [-0.25, -0.2) is 0 Å². The molecule has 2 heterocycles. The van der Waals surface area contributed by atoms with Gasteiger partial charge in [-0.05, 0) is 30.5 Å². The largest absolute Gasteiger partial charge is 0.339 e. The lowest BCUT2D eigenvalue weighted by Gasteiger charge is -2.16. The highest BCUT2D eigenvalue weighted by molar-refractivity contribution is 5.96. The summed E-state index contributed by atoms with van der Waals surface area (Å²) in [5.74, 6) is 1.60. The molecule has 0 N–H and O–H groups in total. The van der Waals surface area contributed by atoms with Gasteiger partial charge in [0.2, 0.25) is 17.6 Å². The van der Waals surface area contributed by atoms with Crippen molar-refractivity contribution in [1.29, 1.82) is 0 Å². The maximum Gasteiger partial charge on any atom is 0.232 e. The average molecular weight is 361 g/mol. The standard InChI is InChI=1S/C22H23N3O2/c1-14(2)16-6-8-17(9-7-16)21-23-22(27-24-21)18-12-20(26)25(13-18)19-10-4-15(3)5-11-19/h4-11,14,18H,12-13H2,1-3H3/t18-/m1/s1. The Morgan fingerprint density at radius 2 is 1.78 bits per heavy atom. The van der Waals surface area contributed by atoms with E-state index in [-0.39, 0.29) is 11.8 Å². The molecule has 1 saturated heterocycles. The van der Waals surface area contributed by atoms with Gasteiger partial charge in [0.05, 0.1) is 5.92 Å². The highest BCUT2D eigenvalue weighted by atomic mass is 16.5. The van der Waals surface area contributed by atoms with Crippen LogP contribution in [0.15, 0.2) is 53.1 Å². The number of amides is 1. The Morgan fingerprint density at radius 3 is 2.44 bits per heavy atom. The molecule has 1 aliphatic rings. The van der Waals surface area contributed by atoms with E-state index in [1.165, 1.54) is 11.1 Å². The van der Waals surface area contributed by atoms with Gasteiger partial charge >= 0.3 is 0 Å². The summed E-state index contributed by atoms with van der Waals surface area (Å²) < 4.78 is 5.49. The molecule has 1 fully saturated rings. The second-order valence-electron chi connectivity index (χ2n) is 7.47. The van der Waals surface area contributed by atoms with E-state index in [1.54, 1.807) is 4.90 Å². The third kappa shape index (κ3) is 3.50. The highest BCUT2D eigenvalue weighted by Crippen LogP contribution is 2.32. The number of carbonyl (C=O) groups excluding carboxylic acids is 1. The van der Waals surface area contributed by atoms with E-state index in [2.05, 4.69) is 36.1 Å². The summed E-state index contributed by atoms with van der Waals surface area (Å²) in [5, 5.41) is 4.12. The first-order chi connectivity index (χ1) is 13.0. The third-order valence-corrected chi connectivity index (χ3v) is 5.10. The normalized spacial score (nSPS) is 17.1. The van der Waals surface area contributed by atoms with Crippen LogP contribution in [0.1, 0.15) is 49.1 Å². The number of hydrogen-bond donors (Lipinski definition) is 0. The number of anilines is 1. The van der Waals surface area contributed by atoms with E-state index in [0.717, 1.165) is 11.3 Å². The fraction of sp³-hybridized carbons (Fsp3) is 0.318. The highest BCUT2D eigenvalue weighted by Gasteiger charge is 2.35. The van der Waals surface area contributed by atoms with Crippen molar-refractivity contribution in [2.75, 3.05) is 11.4 Å². The van der Waals surface area contributed by atoms with Gasteiger partial charge in [0.1, 0.15) is 0 Å². The van der Waals surface area contributed by atoms with E-state index in [0.29, 0.717) is 30.6 Å². The Kier molecular flexibility index (Phi) is 4.52. The zero-order chi connectivity index (χ0) is 19.0. The number of aromatic nitrogens is 2. The van der Waals surface area contributed by atoms with E-state index in [4.69, 9.17) is 4.52 Å². The number of rotatable bonds is 4. The molecule has 5 heteroatoms. The number of nitrogens with zero attached hydrogens (tertiary/aromatic N) is 3. The zero-order valence-corrected chi connectivity index (χ0v) is 15.8. The Morgan fingerprint density at radius 1 is 1.07 bits per heavy atom. The second kappa shape index (κ2) is 6.99. The second-order valence-corrected chi connectivity index (χ2v) is 7.47. The number of benzene rings is 2. The monoisotopic (exact) mass is 361 g/mol. The predicted molar refractivity (Wildman–Crippen MR) is 105 cm³/mol. The summed E-state index contributed by atoms with van der Waals surface area (Å²) in [7, 11) is 0. The first-order valence-electron chi connectivity index (χ1n) is 9.32. The van der Waals surface area contributed by atoms with Crippen LogP contribution in [-0.2, 0) is 4.79 Å². The van der Waals surface area contributed by atoms with Crippen LogP contribution in [-0.4, -0.2) is 22.6 Å². The molecule has 5 nitrogen and oxygen atoms in total. The minimum atomic E-state index is -0.0741. The maximum atomic E-state index is 12.5. The fourth-order valence-corrected chi connectivity index (χ4v) is 3.38. The van der Waals surface area contributed by atoms with Crippen LogP contribution in [0.25, 0.3) is 11.4 Å². The van der Waals surface area contributed by atoms with E-state index >= 15 is 0 Å². The first kappa shape index (κ1) is 17.5. The minimum absolute atomic E-state index is 0.0741. The fourth-order valence-electron chi connectivity index (χ4n) is 3.38. The molecule has 1 atom stereocenters. The van der Waals surface area contributed by atoms with Crippen molar-refractivity contribution in [3.05, 3.63) is 65.5 Å². The first-order valence-corrected chi connectivity index (χ1v) is 9.32. The van der Waals surface area contributed by atoms with Crippen LogP contribution >= 0.6 is 0 Å². The van der Waals surface area contributed by atoms with Crippen molar-refractivity contribution < 1.29 is 9.32 Å². The molecule has 0 radical (unpaired) electrons. The van der Waals surface area contributed by atoms with Crippen LogP contribution in [0.5, 0.6) is 0 Å². The smallest absolute Gasteiger partial charge is 0.232 e. The lowest BCUT2D eigenvalue weighted by atomic mass is 10.0. The van der Waals surface area contributed by atoms with Crippen molar-refractivity contribution in [2.45, 2.75) is 39.0 Å². The van der Waals surface area contributed by atoms with E-state index in [1.807, 2.05) is 43.3 Å². The van der Waals surface area contributed by atoms with Gasteiger partial charge < -0.3 is 9.42 Å². The van der Waals surface area contributed by atoms with Crippen molar-refractivity contribution in [2.24, 2.45) is 0 Å². The summed E-state index contributed by atoms with van der Waals surface area (Å²) in [5.41, 5.74) is 4.29. The van der Waals surface area contributed by atoms with Crippen LogP contribution in [0, 0.1) is 6.92 Å². The number of aryl methyl sites for hydroxylation is 1. The molecule has 0 saturated carbocycles. The van der Waals surface area contributed by atoms with Gasteiger partial charge in [-0.15, -0.1) is 0 Å². The molecule has 0 bridgehead atoms. The topological polar surface area (TPSA) is 59.2 Å². The van der Waals surface area contributed by atoms with Crippen LogP contribution < -0.4 is 4.90 Å². The molecule has 0 aliphatic carbocycles. The van der Waals surface area contributed by atoms with Crippen LogP contribution in [0.4, 0.5) is 5.69 Å². The Labute approximate surface area is 159 Å². The third-order valence-electron chi connectivity index (χ3n) is 5.10. The molecular formula is C22H23N3O2. The molecule has 27 heavy (non-hydrogen) atoms. The molecular weight excluding hydrogens is 338 g/mol. The molecule has 0 unspecified atom stereocenters. The van der Waals surface area contributed by atoms with Crippen molar-refractivity contribution in [3.63, 3.8) is 0 Å². The molecule has 138 valence electrons. The van der Waals surface area contributed by atoms with Crippen molar-refractivity contribution in [1.82, 2.24) is 10.1 Å². The molecule has 4 rings (SSSR count). The summed E-state index contributed by atoms with van der Waals surface area (Å²) in [4.78, 5) is 18.8. The van der Waals surface area contributed by atoms with Crippen molar-refractivity contribution in [3.8, 4) is 11.4 Å². The molecule has 2 aromatic carbocycles. The number of carbonyl (C=O) groups is 1. The average Bonchev–Trinajstić information content (AvgIpc) is 3.29. The maximum absolute atomic E-state index is 12.5. The Hall–Kier alpha value is -2.95. The van der Waals surface area contributed by atoms with Gasteiger partial charge in [-0.2, -0.15) is 4.98 Å². The summed E-state index contributed by atoms with van der Waals surface area (Å²) in [6.45, 7) is 6.93. The molecule has 3 aromatic rings. The van der Waals surface area contributed by atoms with Crippen LogP contribution in [0.3, 0.4) is 0 Å². The van der Waals surface area contributed by atoms with Gasteiger partial charge in [-0.1, -0.05) is 61.0 Å². The Bertz CT molecular complexity index is 942. The summed E-state index contributed by atoms with van der Waals surface area (Å²) in [6, 6.07) is 16.2. The predicted octanol–water partition coefficient (Wildman–Crippen LogP) is 4.69. The molecule has 0 spiro atoms. The molecule has 1 aliphatic heterocycles. The van der Waals surface area contributed by atoms with Gasteiger partial charge in [0.25, 0.3) is 0 Å². The minimum Gasteiger partial charge on any atom is -0.339 e. The summed E-state index contributed by atoms with van der Waals surface area (Å²) in [6.07, 6.45) is 0.391. The van der Waals surface area contributed by atoms with Gasteiger partial charge in [0, 0.05) is 24.2 Å². The zero-order valence-electron chi connectivity index (χ0n) is 15.8. The van der Waals surface area contributed by atoms with Crippen molar-refractivity contribution >= 4 is 11.6 Å². The lowest BCUT2D eigenvalue weighted by molar-refractivity contribution is -0.117.